The van der Waals surface area contributed by atoms with E-state index in [0.29, 0.717) is 18.6 Å². The first-order chi connectivity index (χ1) is 13.3. The maximum absolute atomic E-state index is 13.4. The molecule has 0 aromatic heterocycles. The molecule has 7 rings (SSSR count). The van der Waals surface area contributed by atoms with Gasteiger partial charge in [-0.05, 0) is 36.9 Å². The average molecular weight is 400 g/mol. The predicted octanol–water partition coefficient (Wildman–Crippen LogP) is 1.95. The lowest BCUT2D eigenvalue weighted by Crippen LogP contribution is -2.71. The summed E-state index contributed by atoms with van der Waals surface area (Å²) in [6, 6.07) is 8.96. The molecule has 7 heteroatoms. The molecule has 28 heavy (non-hydrogen) atoms. The van der Waals surface area contributed by atoms with Crippen LogP contribution in [0.15, 0.2) is 41.1 Å². The second-order valence-corrected chi connectivity index (χ2v) is 8.85. The Hall–Kier alpha value is -1.89. The third-order valence-electron chi connectivity index (χ3n) is 8.27. The number of piperidine rings is 2. The molecule has 6 aliphatic rings. The molecule has 1 spiro atoms. The van der Waals surface area contributed by atoms with Crippen LogP contribution in [0.25, 0.3) is 0 Å². The van der Waals surface area contributed by atoms with Crippen LogP contribution in [0, 0.1) is 11.8 Å². The second kappa shape index (κ2) is 5.38. The highest BCUT2D eigenvalue weighted by atomic mass is 35.5. The minimum absolute atomic E-state index is 0. The van der Waals surface area contributed by atoms with Crippen molar-refractivity contribution in [3.63, 3.8) is 0 Å². The van der Waals surface area contributed by atoms with Gasteiger partial charge in [0.25, 0.3) is 5.91 Å². The number of rotatable bonds is 0. The first kappa shape index (κ1) is 17.0. The zero-order valence-corrected chi connectivity index (χ0v) is 16.1. The molecule has 1 amide bonds. The van der Waals surface area contributed by atoms with Crippen molar-refractivity contribution in [3.05, 3.63) is 41.5 Å². The number of anilines is 1. The fraction of sp³-hybridized carbons (Fsp3) is 0.524. The highest BCUT2D eigenvalue weighted by Gasteiger charge is 2.72. The number of amides is 1. The molecule has 6 atom stereocenters. The molecular formula is C21H22ClN3O3. The quantitative estimate of drug-likeness (QED) is 0.411. The number of carbonyl (C=O) groups excluding carboxylic acids is 1. The highest BCUT2D eigenvalue weighted by Crippen LogP contribution is 2.65. The van der Waals surface area contributed by atoms with Crippen LogP contribution >= 0.6 is 12.4 Å². The van der Waals surface area contributed by atoms with Crippen LogP contribution in [-0.2, 0) is 14.9 Å². The number of hydrogen-bond donors (Lipinski definition) is 1. The fourth-order valence-corrected chi connectivity index (χ4v) is 7.49. The number of benzene rings is 1. The largest absolute Gasteiger partial charge is 0.410 e. The van der Waals surface area contributed by atoms with Crippen molar-refractivity contribution in [3.8, 4) is 0 Å². The lowest BCUT2D eigenvalue weighted by Gasteiger charge is -2.58. The lowest BCUT2D eigenvalue weighted by molar-refractivity contribution is -0.118. The molecule has 0 radical (unpaired) electrons. The van der Waals surface area contributed by atoms with Crippen molar-refractivity contribution in [2.75, 3.05) is 24.6 Å². The summed E-state index contributed by atoms with van der Waals surface area (Å²) in [5, 5.41) is 13.2. The number of para-hydroxylation sites is 1. The van der Waals surface area contributed by atoms with E-state index in [1.54, 1.807) is 0 Å². The minimum atomic E-state index is -0.415. The maximum atomic E-state index is 13.4. The summed E-state index contributed by atoms with van der Waals surface area (Å²) >= 11 is 0. The SMILES string of the molecule is Cl.O=C1/C(=N\O)[C@@H]2OCC=C3CN4CC[C@]56c7ccccc7N1[C@H]5[C@H]2[C@H]3C[C@H]46. The van der Waals surface area contributed by atoms with Gasteiger partial charge < -0.3 is 14.8 Å². The smallest absolute Gasteiger partial charge is 0.279 e. The minimum Gasteiger partial charge on any atom is -0.410 e. The number of fused-ring (bicyclic) bond motifs is 2. The monoisotopic (exact) mass is 399 g/mol. The molecule has 1 aliphatic carbocycles. The third-order valence-corrected chi connectivity index (χ3v) is 8.27. The van der Waals surface area contributed by atoms with Crippen molar-refractivity contribution in [1.29, 1.82) is 0 Å². The number of ether oxygens (including phenoxy) is 1. The van der Waals surface area contributed by atoms with Crippen molar-refractivity contribution < 1.29 is 14.7 Å². The topological polar surface area (TPSA) is 65.4 Å². The zero-order valence-electron chi connectivity index (χ0n) is 15.3. The van der Waals surface area contributed by atoms with Crippen LogP contribution in [0.3, 0.4) is 0 Å². The molecule has 3 saturated heterocycles. The number of hydrogen-bond acceptors (Lipinski definition) is 5. The molecule has 0 unspecified atom stereocenters. The van der Waals surface area contributed by atoms with Gasteiger partial charge in [0.15, 0.2) is 5.71 Å². The maximum Gasteiger partial charge on any atom is 0.279 e. The number of halogens is 1. The van der Waals surface area contributed by atoms with Crippen LogP contribution in [0.5, 0.6) is 0 Å². The zero-order chi connectivity index (χ0) is 17.9. The Morgan fingerprint density at radius 2 is 2.14 bits per heavy atom. The van der Waals surface area contributed by atoms with Crippen molar-refractivity contribution in [2.45, 2.75) is 36.4 Å². The van der Waals surface area contributed by atoms with E-state index in [1.165, 1.54) is 11.1 Å². The second-order valence-electron chi connectivity index (χ2n) is 8.85. The molecule has 1 aromatic rings. The van der Waals surface area contributed by atoms with Gasteiger partial charge in [-0.25, -0.2) is 0 Å². The number of oxime groups is 1. The molecule has 1 saturated carbocycles. The Labute approximate surface area is 169 Å². The Morgan fingerprint density at radius 3 is 3.00 bits per heavy atom. The Morgan fingerprint density at radius 1 is 1.29 bits per heavy atom. The van der Waals surface area contributed by atoms with Crippen LogP contribution in [0.4, 0.5) is 5.69 Å². The Bertz CT molecular complexity index is 962. The molecule has 1 N–H and O–H groups in total. The average Bonchev–Trinajstić information content (AvgIpc) is 3.15. The molecule has 146 valence electrons. The first-order valence-corrected chi connectivity index (χ1v) is 9.95. The summed E-state index contributed by atoms with van der Waals surface area (Å²) in [5.74, 6) is 0.373. The van der Waals surface area contributed by atoms with Gasteiger partial charge in [-0.1, -0.05) is 35.0 Å². The number of nitrogens with zero attached hydrogens (tertiary/aromatic N) is 3. The Balaban J connectivity index is 0.00000156. The molecule has 4 fully saturated rings. The normalized spacial score (nSPS) is 43.4. The molecular weight excluding hydrogens is 378 g/mol. The summed E-state index contributed by atoms with van der Waals surface area (Å²) in [6.07, 6.45) is 4.00. The predicted molar refractivity (Wildman–Crippen MR) is 105 cm³/mol. The summed E-state index contributed by atoms with van der Waals surface area (Å²) in [4.78, 5) is 18.0. The molecule has 1 aromatic carbocycles. The highest BCUT2D eigenvalue weighted by molar-refractivity contribution is 6.46. The van der Waals surface area contributed by atoms with E-state index in [0.717, 1.165) is 31.6 Å². The summed E-state index contributed by atoms with van der Waals surface area (Å²) in [5.41, 5.74) is 3.93. The lowest BCUT2D eigenvalue weighted by atomic mass is 9.53. The van der Waals surface area contributed by atoms with Crippen molar-refractivity contribution >= 4 is 29.7 Å². The van der Waals surface area contributed by atoms with Gasteiger partial charge in [0.1, 0.15) is 6.10 Å². The van der Waals surface area contributed by atoms with Gasteiger partial charge >= 0.3 is 0 Å². The van der Waals surface area contributed by atoms with Gasteiger partial charge in [0.05, 0.1) is 12.6 Å². The van der Waals surface area contributed by atoms with E-state index < -0.39 is 6.10 Å². The molecule has 2 bridgehead atoms. The van der Waals surface area contributed by atoms with E-state index in [1.807, 2.05) is 11.0 Å². The van der Waals surface area contributed by atoms with Gasteiger partial charge in [0.2, 0.25) is 0 Å². The molecule has 5 heterocycles. The van der Waals surface area contributed by atoms with Crippen molar-refractivity contribution in [2.24, 2.45) is 17.0 Å². The van der Waals surface area contributed by atoms with Crippen LogP contribution in [0.2, 0.25) is 0 Å². The van der Waals surface area contributed by atoms with Crippen LogP contribution < -0.4 is 4.90 Å². The van der Waals surface area contributed by atoms with Crippen LogP contribution in [0.1, 0.15) is 18.4 Å². The van der Waals surface area contributed by atoms with E-state index >= 15 is 0 Å². The van der Waals surface area contributed by atoms with Gasteiger partial charge in [0, 0.05) is 29.6 Å². The molecule has 5 aliphatic heterocycles. The number of carbonyl (C=O) groups is 1. The van der Waals surface area contributed by atoms with Gasteiger partial charge in [-0.3, -0.25) is 9.69 Å². The van der Waals surface area contributed by atoms with Crippen LogP contribution in [-0.4, -0.2) is 59.6 Å². The fourth-order valence-electron chi connectivity index (χ4n) is 7.49. The van der Waals surface area contributed by atoms with E-state index in [2.05, 4.69) is 34.3 Å². The van der Waals surface area contributed by atoms with E-state index in [-0.39, 0.29) is 41.4 Å². The van der Waals surface area contributed by atoms with Gasteiger partial charge in [-0.15, -0.1) is 12.4 Å². The summed E-state index contributed by atoms with van der Waals surface area (Å²) in [6.45, 7) is 2.59. The molecule has 6 nitrogen and oxygen atoms in total. The third kappa shape index (κ3) is 1.62. The first-order valence-electron chi connectivity index (χ1n) is 9.95. The Kier molecular flexibility index (Phi) is 3.27. The van der Waals surface area contributed by atoms with Gasteiger partial charge in [-0.2, -0.15) is 0 Å². The van der Waals surface area contributed by atoms with E-state index in [9.17, 15) is 10.0 Å². The standard InChI is InChI=1S/C21H21N3O3.ClH/c25-20-17(22-26)18-16-12-9-15-21(6-7-23(15)10-11(12)5-8-27-18)13-3-1-2-4-14(13)24(20)19(16)21;/h1-5,12,15-16,18-19,26H,6-10H2;1H/b22-17-;/t12-,15-,16-,18+,19-,21+;/m0./s1. The summed E-state index contributed by atoms with van der Waals surface area (Å²) < 4.78 is 6.16. The summed E-state index contributed by atoms with van der Waals surface area (Å²) in [7, 11) is 0. The van der Waals surface area contributed by atoms with Crippen molar-refractivity contribution in [1.82, 2.24) is 4.90 Å². The van der Waals surface area contributed by atoms with E-state index in [4.69, 9.17) is 4.74 Å².